The van der Waals surface area contributed by atoms with Crippen molar-refractivity contribution in [2.24, 2.45) is 0 Å². The van der Waals surface area contributed by atoms with Gasteiger partial charge in [-0.2, -0.15) is 0 Å². The van der Waals surface area contributed by atoms with Crippen LogP contribution in [0.2, 0.25) is 0 Å². The molecule has 0 radical (unpaired) electrons. The van der Waals surface area contributed by atoms with Gasteiger partial charge in [0, 0.05) is 29.3 Å². The molecule has 1 aliphatic rings. The number of hydrogen-bond donors (Lipinski definition) is 4. The molecule has 2 aromatic rings. The molecule has 3 amide bonds. The van der Waals surface area contributed by atoms with Gasteiger partial charge >= 0.3 is 5.97 Å². The van der Waals surface area contributed by atoms with Crippen molar-refractivity contribution in [1.82, 2.24) is 26.1 Å². The molecule has 3 atom stereocenters. The molecule has 1 fully saturated rings. The van der Waals surface area contributed by atoms with Crippen LogP contribution in [0.4, 0.5) is 0 Å². The van der Waals surface area contributed by atoms with E-state index in [0.717, 1.165) is 12.1 Å². The van der Waals surface area contributed by atoms with Gasteiger partial charge in [-0.15, -0.1) is 10.3 Å². The van der Waals surface area contributed by atoms with Gasteiger partial charge in [-0.1, -0.05) is 64.6 Å². The summed E-state index contributed by atoms with van der Waals surface area (Å²) in [6, 6.07) is 5.81. The Bertz CT molecular complexity index is 1440. The Morgan fingerprint density at radius 1 is 1.19 bits per heavy atom. The summed E-state index contributed by atoms with van der Waals surface area (Å²) >= 11 is 0. The molecule has 4 N–H and O–H groups in total. The van der Waals surface area contributed by atoms with Crippen LogP contribution in [0.3, 0.4) is 0 Å². The third-order valence-electron chi connectivity index (χ3n) is 8.10. The molecule has 3 unspecified atom stereocenters. The molecular formula is C35H53N5O6S. The molecule has 1 aromatic heterocycles. The average Bonchev–Trinajstić information content (AvgIpc) is 3.04. The van der Waals surface area contributed by atoms with E-state index in [0.29, 0.717) is 19.4 Å². The van der Waals surface area contributed by atoms with Crippen LogP contribution >= 0.6 is 10.3 Å². The molecule has 0 spiro atoms. The van der Waals surface area contributed by atoms with Gasteiger partial charge in [-0.3, -0.25) is 29.2 Å². The van der Waals surface area contributed by atoms with Crippen molar-refractivity contribution in [3.8, 4) is 0 Å². The topological polar surface area (TPSA) is 150 Å². The maximum atomic E-state index is 13.0. The molecule has 1 saturated heterocycles. The molecule has 2 heterocycles. The number of rotatable bonds is 12. The van der Waals surface area contributed by atoms with Crippen LogP contribution in [-0.4, -0.2) is 87.3 Å². The summed E-state index contributed by atoms with van der Waals surface area (Å²) in [6.07, 6.45) is 13.2. The minimum absolute atomic E-state index is 0.0308. The van der Waals surface area contributed by atoms with E-state index in [-0.39, 0.29) is 23.7 Å². The van der Waals surface area contributed by atoms with E-state index in [4.69, 9.17) is 4.18 Å². The molecule has 12 heteroatoms. The third kappa shape index (κ3) is 12.1. The van der Waals surface area contributed by atoms with Crippen LogP contribution < -0.4 is 16.1 Å². The van der Waals surface area contributed by atoms with Gasteiger partial charge in [0.2, 0.25) is 11.8 Å². The van der Waals surface area contributed by atoms with E-state index >= 15 is 0 Å². The number of hydrazine groups is 1. The van der Waals surface area contributed by atoms with Crippen molar-refractivity contribution in [2.45, 2.75) is 90.1 Å². The Balaban J connectivity index is 0.000000450. The number of nitrogens with one attached hydrogen (secondary N) is 3. The number of aliphatic carboxylic acids is 1. The summed E-state index contributed by atoms with van der Waals surface area (Å²) in [5.41, 5.74) is 4.98. The van der Waals surface area contributed by atoms with E-state index in [1.165, 1.54) is 28.3 Å². The second kappa shape index (κ2) is 18.0. The van der Waals surface area contributed by atoms with Gasteiger partial charge < -0.3 is 19.9 Å². The summed E-state index contributed by atoms with van der Waals surface area (Å²) in [5, 5.41) is 18.2. The number of carboxylic acids is 1. The SMILES string of the molecule is C/C=C/CC(=O)NC(COS(C)(C)C(C)(C)C)C(=O)NC(C)C(=O)N1CCCC(C(=O)O)N1.C=Cc1cc2cc(CC)ccc2cn1. The highest BCUT2D eigenvalue weighted by Gasteiger charge is 2.34. The number of aryl methyl sites for hydroxylation is 1. The largest absolute Gasteiger partial charge is 0.480 e. The Labute approximate surface area is 281 Å². The summed E-state index contributed by atoms with van der Waals surface area (Å²) < 4.78 is 5.97. The first kappa shape index (κ1) is 39.4. The molecule has 0 saturated carbocycles. The zero-order valence-corrected chi connectivity index (χ0v) is 29.9. The van der Waals surface area contributed by atoms with Gasteiger partial charge in [0.25, 0.3) is 5.91 Å². The van der Waals surface area contributed by atoms with E-state index < -0.39 is 46.2 Å². The van der Waals surface area contributed by atoms with Gasteiger partial charge in [-0.25, -0.2) is 5.43 Å². The second-order valence-corrected chi connectivity index (χ2v) is 16.7. The van der Waals surface area contributed by atoms with Crippen molar-refractivity contribution in [3.05, 3.63) is 60.5 Å². The predicted molar refractivity (Wildman–Crippen MR) is 191 cm³/mol. The van der Waals surface area contributed by atoms with Gasteiger partial charge in [0.15, 0.2) is 0 Å². The molecule has 3 rings (SSSR count). The number of carbonyl (C=O) groups is 4. The number of aromatic nitrogens is 1. The van der Waals surface area contributed by atoms with Crippen LogP contribution in [0.5, 0.6) is 0 Å². The Kier molecular flexibility index (Phi) is 15.1. The van der Waals surface area contributed by atoms with Crippen molar-refractivity contribution in [2.75, 3.05) is 25.7 Å². The number of carboxylic acid groups (broad SMARTS) is 1. The Morgan fingerprint density at radius 3 is 2.49 bits per heavy atom. The molecule has 0 aliphatic carbocycles. The zero-order chi connectivity index (χ0) is 35.4. The van der Waals surface area contributed by atoms with Crippen LogP contribution in [0.25, 0.3) is 16.8 Å². The molecular weight excluding hydrogens is 618 g/mol. The molecule has 47 heavy (non-hydrogen) atoms. The normalized spacial score (nSPS) is 16.9. The van der Waals surface area contributed by atoms with Crippen molar-refractivity contribution in [1.29, 1.82) is 0 Å². The number of hydrogen-bond acceptors (Lipinski definition) is 7. The van der Waals surface area contributed by atoms with Gasteiger partial charge in [-0.05, 0) is 68.7 Å². The quantitative estimate of drug-likeness (QED) is 0.236. The highest BCUT2D eigenvalue weighted by atomic mass is 32.3. The van der Waals surface area contributed by atoms with E-state index in [1.807, 2.05) is 18.7 Å². The van der Waals surface area contributed by atoms with Crippen molar-refractivity contribution >= 4 is 50.8 Å². The standard InChI is InChI=1S/C22H40N4O6S.C13H13N/c1-8-9-12-18(27)24-17(14-32-33(6,7)22(3,4)5)19(28)23-15(2)20(29)26-13-10-11-16(25-26)21(30)31;1-3-10-5-6-11-9-14-13(4-2)8-12(11)7-10/h8-9,15-17,25H,10-14H2,1-7H3,(H,23,28)(H,24,27)(H,30,31);4-9H,2-3H2,1H3/b9-8+;. The monoisotopic (exact) mass is 671 g/mol. The van der Waals surface area contributed by atoms with E-state index in [9.17, 15) is 24.3 Å². The highest BCUT2D eigenvalue weighted by molar-refractivity contribution is 8.29. The molecule has 1 aliphatic heterocycles. The molecule has 260 valence electrons. The van der Waals surface area contributed by atoms with Crippen LogP contribution in [0, 0.1) is 0 Å². The smallest absolute Gasteiger partial charge is 0.322 e. The zero-order valence-electron chi connectivity index (χ0n) is 29.1. The first-order chi connectivity index (χ1) is 22.0. The lowest BCUT2D eigenvalue weighted by atomic mass is 10.1. The van der Waals surface area contributed by atoms with E-state index in [2.05, 4.69) is 79.6 Å². The predicted octanol–water partition coefficient (Wildman–Crippen LogP) is 4.76. The van der Waals surface area contributed by atoms with Crippen LogP contribution in [-0.2, 0) is 29.8 Å². The van der Waals surface area contributed by atoms with Crippen molar-refractivity contribution in [3.63, 3.8) is 0 Å². The average molecular weight is 672 g/mol. The fraction of sp³-hybridized carbons (Fsp3) is 0.514. The molecule has 0 bridgehead atoms. The Morgan fingerprint density at radius 2 is 1.89 bits per heavy atom. The lowest BCUT2D eigenvalue weighted by Crippen LogP contribution is -2.60. The first-order valence-electron chi connectivity index (χ1n) is 15.9. The van der Waals surface area contributed by atoms with E-state index in [1.54, 1.807) is 25.2 Å². The summed E-state index contributed by atoms with van der Waals surface area (Å²) in [7, 11) is -1.54. The number of allylic oxidation sites excluding steroid dienone is 1. The fourth-order valence-electron chi connectivity index (χ4n) is 4.35. The number of nitrogens with zero attached hydrogens (tertiary/aromatic N) is 2. The first-order valence-corrected chi connectivity index (χ1v) is 18.3. The summed E-state index contributed by atoms with van der Waals surface area (Å²) in [6.45, 7) is 15.7. The third-order valence-corrected chi connectivity index (χ3v) is 11.8. The fourth-order valence-corrected chi connectivity index (χ4v) is 5.18. The van der Waals surface area contributed by atoms with Gasteiger partial charge in [0.05, 0.1) is 12.3 Å². The summed E-state index contributed by atoms with van der Waals surface area (Å²) in [5.74, 6) is -2.36. The maximum Gasteiger partial charge on any atom is 0.322 e. The Hall–Kier alpha value is -3.74. The lowest BCUT2D eigenvalue weighted by molar-refractivity contribution is -0.148. The maximum absolute atomic E-state index is 13.0. The number of benzene rings is 1. The molecule has 11 nitrogen and oxygen atoms in total. The highest BCUT2D eigenvalue weighted by Crippen LogP contribution is 2.53. The second-order valence-electron chi connectivity index (χ2n) is 12.8. The number of amides is 3. The lowest BCUT2D eigenvalue weighted by Gasteiger charge is -2.44. The minimum atomic E-state index is -1.54. The molecule has 1 aromatic carbocycles. The van der Waals surface area contributed by atoms with Gasteiger partial charge in [0.1, 0.15) is 18.1 Å². The number of carbonyl (C=O) groups excluding carboxylic acids is 3. The van der Waals surface area contributed by atoms with Crippen molar-refractivity contribution < 1.29 is 28.5 Å². The van der Waals surface area contributed by atoms with Crippen LogP contribution in [0.15, 0.2) is 49.2 Å². The van der Waals surface area contributed by atoms with Crippen LogP contribution in [0.1, 0.15) is 72.1 Å². The summed E-state index contributed by atoms with van der Waals surface area (Å²) in [4.78, 5) is 53.5. The minimum Gasteiger partial charge on any atom is -0.480 e. The number of pyridine rings is 1. The number of fused-ring (bicyclic) bond motifs is 1.